The zero-order valence-corrected chi connectivity index (χ0v) is 14.2. The summed E-state index contributed by atoms with van der Waals surface area (Å²) in [5.41, 5.74) is 1.80. The van der Waals surface area contributed by atoms with Gasteiger partial charge in [0.25, 0.3) is 0 Å². The predicted molar refractivity (Wildman–Crippen MR) is 93.5 cm³/mol. The number of aromatic amines is 1. The van der Waals surface area contributed by atoms with Gasteiger partial charge in [0.05, 0.1) is 16.8 Å². The van der Waals surface area contributed by atoms with Crippen LogP contribution < -0.4 is 10.1 Å². The second-order valence-electron chi connectivity index (χ2n) is 4.94. The third kappa shape index (κ3) is 4.83. The van der Waals surface area contributed by atoms with Gasteiger partial charge in [0.15, 0.2) is 5.16 Å². The molecule has 5 nitrogen and oxygen atoms in total. The number of aromatic nitrogens is 2. The summed E-state index contributed by atoms with van der Waals surface area (Å²) in [5.74, 6) is -0.0132. The van der Waals surface area contributed by atoms with E-state index in [1.54, 1.807) is 30.3 Å². The summed E-state index contributed by atoms with van der Waals surface area (Å²) in [6, 6.07) is 11.2. The lowest BCUT2D eigenvalue weighted by molar-refractivity contribution is -0.113. The Morgan fingerprint density at radius 1 is 1.28 bits per heavy atom. The molecule has 0 bridgehead atoms. The number of hydrogen-bond acceptors (Lipinski definition) is 4. The van der Waals surface area contributed by atoms with E-state index in [9.17, 15) is 13.6 Å². The molecule has 0 aliphatic rings. The summed E-state index contributed by atoms with van der Waals surface area (Å²) in [4.78, 5) is 19.2. The third-order valence-electron chi connectivity index (χ3n) is 3.12. The number of nitrogens with one attached hydrogen (secondary N) is 2. The lowest BCUT2D eigenvalue weighted by Gasteiger charge is -2.04. The zero-order chi connectivity index (χ0) is 17.8. The van der Waals surface area contributed by atoms with Gasteiger partial charge in [0.1, 0.15) is 5.75 Å². The molecule has 0 saturated carbocycles. The molecule has 0 atom stereocenters. The molecule has 0 saturated heterocycles. The largest absolute Gasteiger partial charge is 0.435 e. The lowest BCUT2D eigenvalue weighted by Crippen LogP contribution is -2.13. The summed E-state index contributed by atoms with van der Waals surface area (Å²) < 4.78 is 28.8. The molecule has 0 radical (unpaired) electrons. The van der Waals surface area contributed by atoms with Crippen LogP contribution in [0.4, 0.5) is 14.5 Å². The molecule has 2 N–H and O–H groups in total. The van der Waals surface area contributed by atoms with E-state index in [1.165, 1.54) is 23.9 Å². The van der Waals surface area contributed by atoms with E-state index in [-0.39, 0.29) is 17.4 Å². The van der Waals surface area contributed by atoms with Gasteiger partial charge in [-0.3, -0.25) is 4.79 Å². The predicted octanol–water partition coefficient (Wildman–Crippen LogP) is 4.55. The Morgan fingerprint density at radius 2 is 2.04 bits per heavy atom. The zero-order valence-electron chi connectivity index (χ0n) is 12.6. The van der Waals surface area contributed by atoms with Crippen molar-refractivity contribution in [3.63, 3.8) is 0 Å². The van der Waals surface area contributed by atoms with Crippen molar-refractivity contribution < 1.29 is 18.3 Å². The number of amides is 1. The van der Waals surface area contributed by atoms with Crippen LogP contribution in [0.15, 0.2) is 47.6 Å². The second-order valence-corrected chi connectivity index (χ2v) is 6.34. The van der Waals surface area contributed by atoms with Crippen LogP contribution in [-0.4, -0.2) is 28.2 Å². The number of rotatable bonds is 6. The van der Waals surface area contributed by atoms with E-state index >= 15 is 0 Å². The van der Waals surface area contributed by atoms with Crippen LogP contribution in [0, 0.1) is 0 Å². The van der Waals surface area contributed by atoms with Gasteiger partial charge < -0.3 is 15.0 Å². The minimum Gasteiger partial charge on any atom is -0.435 e. The van der Waals surface area contributed by atoms with E-state index in [0.29, 0.717) is 26.9 Å². The highest BCUT2D eigenvalue weighted by Crippen LogP contribution is 2.24. The van der Waals surface area contributed by atoms with Gasteiger partial charge in [-0.15, -0.1) is 0 Å². The van der Waals surface area contributed by atoms with Crippen molar-refractivity contribution in [2.45, 2.75) is 11.8 Å². The number of carbonyl (C=O) groups excluding carboxylic acids is 1. The van der Waals surface area contributed by atoms with Gasteiger partial charge in [-0.1, -0.05) is 23.4 Å². The Morgan fingerprint density at radius 3 is 2.76 bits per heavy atom. The van der Waals surface area contributed by atoms with Crippen LogP contribution in [0.2, 0.25) is 5.02 Å². The summed E-state index contributed by atoms with van der Waals surface area (Å²) in [7, 11) is 0. The smallest absolute Gasteiger partial charge is 0.387 e. The van der Waals surface area contributed by atoms with E-state index in [2.05, 4.69) is 20.0 Å². The number of benzene rings is 2. The number of anilines is 1. The highest BCUT2D eigenvalue weighted by Gasteiger charge is 2.10. The number of nitrogens with zero attached hydrogens (tertiary/aromatic N) is 1. The van der Waals surface area contributed by atoms with Gasteiger partial charge in [-0.05, 0) is 36.4 Å². The molecule has 0 unspecified atom stereocenters. The fourth-order valence-corrected chi connectivity index (χ4v) is 2.89. The Kier molecular flexibility index (Phi) is 5.40. The first kappa shape index (κ1) is 17.5. The first-order chi connectivity index (χ1) is 12.0. The van der Waals surface area contributed by atoms with Crippen LogP contribution in [0.5, 0.6) is 5.75 Å². The summed E-state index contributed by atoms with van der Waals surface area (Å²) in [6.45, 7) is -2.88. The maximum Gasteiger partial charge on any atom is 0.387 e. The number of H-pyrrole nitrogens is 1. The van der Waals surface area contributed by atoms with E-state index < -0.39 is 6.61 Å². The highest BCUT2D eigenvalue weighted by atomic mass is 35.5. The Hall–Kier alpha value is -2.32. The van der Waals surface area contributed by atoms with Crippen molar-refractivity contribution in [1.82, 2.24) is 9.97 Å². The number of ether oxygens (including phenoxy) is 1. The second kappa shape index (κ2) is 7.71. The van der Waals surface area contributed by atoms with E-state index in [1.807, 2.05) is 0 Å². The monoisotopic (exact) mass is 383 g/mol. The molecule has 3 aromatic rings. The summed E-state index contributed by atoms with van der Waals surface area (Å²) in [6.07, 6.45) is 0. The Labute approximate surface area is 150 Å². The molecule has 1 heterocycles. The molecule has 1 amide bonds. The summed E-state index contributed by atoms with van der Waals surface area (Å²) in [5, 5.41) is 3.84. The molecule has 1 aromatic heterocycles. The first-order valence-corrected chi connectivity index (χ1v) is 8.49. The SMILES string of the molecule is O=C(CSc1nc2ccc(OC(F)F)cc2[nH]1)Nc1ccc(Cl)cc1. The molecule has 0 aliphatic heterocycles. The molecule has 3 rings (SSSR count). The number of thioether (sulfide) groups is 1. The number of alkyl halides is 2. The van der Waals surface area contributed by atoms with E-state index in [4.69, 9.17) is 11.6 Å². The quantitative estimate of drug-likeness (QED) is 0.613. The van der Waals surface area contributed by atoms with Crippen LogP contribution >= 0.6 is 23.4 Å². The van der Waals surface area contributed by atoms with Crippen molar-refractivity contribution in [2.75, 3.05) is 11.1 Å². The Bertz CT molecular complexity index is 887. The molecule has 2 aromatic carbocycles. The molecule has 0 spiro atoms. The number of fused-ring (bicyclic) bond motifs is 1. The molecular formula is C16H12ClF2N3O2S. The topological polar surface area (TPSA) is 67.0 Å². The number of hydrogen-bond donors (Lipinski definition) is 2. The average Bonchev–Trinajstić information content (AvgIpc) is 2.97. The van der Waals surface area contributed by atoms with Gasteiger partial charge in [-0.2, -0.15) is 8.78 Å². The average molecular weight is 384 g/mol. The first-order valence-electron chi connectivity index (χ1n) is 7.12. The van der Waals surface area contributed by atoms with Crippen molar-refractivity contribution in [1.29, 1.82) is 0 Å². The third-order valence-corrected chi connectivity index (χ3v) is 4.25. The molecule has 0 fully saturated rings. The van der Waals surface area contributed by atoms with Crippen LogP contribution in [0.25, 0.3) is 11.0 Å². The van der Waals surface area contributed by atoms with Crippen molar-refractivity contribution >= 4 is 46.0 Å². The highest BCUT2D eigenvalue weighted by molar-refractivity contribution is 7.99. The Balaban J connectivity index is 1.60. The van der Waals surface area contributed by atoms with Gasteiger partial charge in [0, 0.05) is 16.8 Å². The molecule has 9 heteroatoms. The molecule has 130 valence electrons. The number of halogens is 3. The number of imidazole rings is 1. The van der Waals surface area contributed by atoms with Crippen LogP contribution in [0.1, 0.15) is 0 Å². The molecule has 25 heavy (non-hydrogen) atoms. The van der Waals surface area contributed by atoms with Crippen molar-refractivity contribution in [3.8, 4) is 5.75 Å². The maximum absolute atomic E-state index is 12.2. The van der Waals surface area contributed by atoms with Gasteiger partial charge in [-0.25, -0.2) is 4.98 Å². The minimum atomic E-state index is -2.88. The van der Waals surface area contributed by atoms with Crippen molar-refractivity contribution in [3.05, 3.63) is 47.5 Å². The maximum atomic E-state index is 12.2. The number of carbonyl (C=O) groups is 1. The summed E-state index contributed by atoms with van der Waals surface area (Å²) >= 11 is 6.99. The fourth-order valence-electron chi connectivity index (χ4n) is 2.07. The standard InChI is InChI=1S/C16H12ClF2N3O2S/c17-9-1-3-10(4-2-9)20-14(23)8-25-16-21-12-6-5-11(24-15(18)19)7-13(12)22-16/h1-7,15H,8H2,(H,20,23)(H,21,22). The van der Waals surface area contributed by atoms with Gasteiger partial charge >= 0.3 is 6.61 Å². The fraction of sp³-hybridized carbons (Fsp3) is 0.125. The lowest BCUT2D eigenvalue weighted by atomic mass is 10.3. The minimum absolute atomic E-state index is 0.0446. The molecular weight excluding hydrogens is 372 g/mol. The van der Waals surface area contributed by atoms with Gasteiger partial charge in [0.2, 0.25) is 5.91 Å². The van der Waals surface area contributed by atoms with Crippen LogP contribution in [-0.2, 0) is 4.79 Å². The van der Waals surface area contributed by atoms with Crippen LogP contribution in [0.3, 0.4) is 0 Å². The normalized spacial score (nSPS) is 11.0. The van der Waals surface area contributed by atoms with Crippen molar-refractivity contribution in [2.24, 2.45) is 0 Å². The van der Waals surface area contributed by atoms with E-state index in [0.717, 1.165) is 0 Å². The molecule has 0 aliphatic carbocycles.